The zero-order valence-electron chi connectivity index (χ0n) is 14.4. The van der Waals surface area contributed by atoms with E-state index in [4.69, 9.17) is 4.74 Å². The Morgan fingerprint density at radius 1 is 1.20 bits per heavy atom. The molecule has 1 aromatic carbocycles. The number of aromatic amines is 1. The van der Waals surface area contributed by atoms with Crippen molar-refractivity contribution in [3.63, 3.8) is 0 Å². The fraction of sp³-hybridized carbons (Fsp3) is 0.438. The minimum atomic E-state index is -3.82. The predicted octanol–water partition coefficient (Wildman–Crippen LogP) is 1.69. The first-order chi connectivity index (χ1) is 11.8. The number of nitrogens with zero attached hydrogens (tertiary/aromatic N) is 3. The largest absolute Gasteiger partial charge is 0.495 e. The van der Waals surface area contributed by atoms with Crippen LogP contribution in [0.3, 0.4) is 0 Å². The van der Waals surface area contributed by atoms with Crippen LogP contribution in [0, 0.1) is 19.7 Å². The molecule has 136 valence electrons. The molecular weight excluding hydrogens is 347 g/mol. The van der Waals surface area contributed by atoms with Crippen molar-refractivity contribution in [2.75, 3.05) is 38.2 Å². The molecule has 0 spiro atoms. The van der Waals surface area contributed by atoms with E-state index in [-0.39, 0.29) is 10.6 Å². The van der Waals surface area contributed by atoms with E-state index in [1.165, 1.54) is 23.5 Å². The molecular formula is C16H21FN4O3S. The fourth-order valence-corrected chi connectivity index (χ4v) is 4.74. The third-order valence-electron chi connectivity index (χ3n) is 4.39. The highest BCUT2D eigenvalue weighted by atomic mass is 32.2. The lowest BCUT2D eigenvalue weighted by Gasteiger charge is -2.35. The standard InChI is InChI=1S/C16H21FN4O3S/c1-11-16(12(2)19-18-11)20-6-8-21(9-7-20)25(22,23)15-10-13(17)4-5-14(15)24-3/h4-5,10H,6-9H2,1-3H3,(H,18,19). The molecule has 1 aliphatic rings. The number of hydrogen-bond acceptors (Lipinski definition) is 5. The van der Waals surface area contributed by atoms with Crippen molar-refractivity contribution in [1.29, 1.82) is 0 Å². The highest BCUT2D eigenvalue weighted by molar-refractivity contribution is 7.89. The number of benzene rings is 1. The van der Waals surface area contributed by atoms with Crippen molar-refractivity contribution in [3.05, 3.63) is 35.4 Å². The summed E-state index contributed by atoms with van der Waals surface area (Å²) in [5.41, 5.74) is 2.86. The molecule has 0 atom stereocenters. The Kier molecular flexibility index (Phi) is 4.70. The summed E-state index contributed by atoms with van der Waals surface area (Å²) in [5.74, 6) is -0.465. The molecule has 1 fully saturated rings. The average molecular weight is 368 g/mol. The molecule has 1 N–H and O–H groups in total. The maximum absolute atomic E-state index is 13.6. The maximum Gasteiger partial charge on any atom is 0.246 e. The number of methoxy groups -OCH3 is 1. The first kappa shape index (κ1) is 17.7. The zero-order valence-corrected chi connectivity index (χ0v) is 15.2. The van der Waals surface area contributed by atoms with Crippen molar-refractivity contribution in [1.82, 2.24) is 14.5 Å². The smallest absolute Gasteiger partial charge is 0.246 e. The summed E-state index contributed by atoms with van der Waals surface area (Å²) in [6, 6.07) is 3.52. The molecule has 1 saturated heterocycles. The van der Waals surface area contributed by atoms with Gasteiger partial charge in [0, 0.05) is 26.2 Å². The van der Waals surface area contributed by atoms with Gasteiger partial charge in [-0.3, -0.25) is 5.10 Å². The summed E-state index contributed by atoms with van der Waals surface area (Å²) >= 11 is 0. The average Bonchev–Trinajstić information content (AvgIpc) is 2.93. The van der Waals surface area contributed by atoms with E-state index in [1.54, 1.807) is 0 Å². The molecule has 2 aromatic rings. The number of ether oxygens (including phenoxy) is 1. The molecule has 0 aliphatic carbocycles. The third-order valence-corrected chi connectivity index (χ3v) is 6.31. The van der Waals surface area contributed by atoms with Gasteiger partial charge in [-0.2, -0.15) is 9.40 Å². The van der Waals surface area contributed by atoms with Crippen LogP contribution in [0.4, 0.5) is 10.1 Å². The zero-order chi connectivity index (χ0) is 18.2. The Bertz CT molecular complexity index is 854. The molecule has 0 saturated carbocycles. The van der Waals surface area contributed by atoms with Crippen molar-refractivity contribution in [3.8, 4) is 5.75 Å². The van der Waals surface area contributed by atoms with E-state index >= 15 is 0 Å². The number of anilines is 1. The minimum Gasteiger partial charge on any atom is -0.495 e. The first-order valence-electron chi connectivity index (χ1n) is 7.95. The van der Waals surface area contributed by atoms with E-state index < -0.39 is 15.8 Å². The summed E-state index contributed by atoms with van der Waals surface area (Å²) in [7, 11) is -2.45. The number of aryl methyl sites for hydroxylation is 2. The summed E-state index contributed by atoms with van der Waals surface area (Å²) in [6.07, 6.45) is 0. The van der Waals surface area contributed by atoms with Crippen LogP contribution in [-0.4, -0.2) is 56.2 Å². The second-order valence-corrected chi connectivity index (χ2v) is 7.88. The summed E-state index contributed by atoms with van der Waals surface area (Å²) in [4.78, 5) is 1.97. The number of halogens is 1. The molecule has 0 unspecified atom stereocenters. The Hall–Kier alpha value is -2.13. The van der Waals surface area contributed by atoms with E-state index in [2.05, 4.69) is 15.1 Å². The number of nitrogens with one attached hydrogen (secondary N) is 1. The van der Waals surface area contributed by atoms with E-state index in [9.17, 15) is 12.8 Å². The number of sulfonamides is 1. The molecule has 25 heavy (non-hydrogen) atoms. The quantitative estimate of drug-likeness (QED) is 0.888. The lowest BCUT2D eigenvalue weighted by Crippen LogP contribution is -2.49. The van der Waals surface area contributed by atoms with Crippen molar-refractivity contribution in [2.24, 2.45) is 0 Å². The fourth-order valence-electron chi connectivity index (χ4n) is 3.15. The number of aromatic nitrogens is 2. The van der Waals surface area contributed by atoms with Gasteiger partial charge in [-0.05, 0) is 32.0 Å². The van der Waals surface area contributed by atoms with E-state index in [1.807, 2.05) is 13.8 Å². The Morgan fingerprint density at radius 2 is 1.88 bits per heavy atom. The normalized spacial score (nSPS) is 16.2. The van der Waals surface area contributed by atoms with Crippen LogP contribution in [0.25, 0.3) is 0 Å². The maximum atomic E-state index is 13.6. The minimum absolute atomic E-state index is 0.140. The van der Waals surface area contributed by atoms with Gasteiger partial charge in [-0.15, -0.1) is 0 Å². The van der Waals surface area contributed by atoms with Crippen molar-refractivity contribution in [2.45, 2.75) is 18.7 Å². The Morgan fingerprint density at radius 3 is 2.44 bits per heavy atom. The summed E-state index contributed by atoms with van der Waals surface area (Å²) < 4.78 is 45.8. The van der Waals surface area contributed by atoms with Gasteiger partial charge >= 0.3 is 0 Å². The van der Waals surface area contributed by atoms with Gasteiger partial charge in [0.15, 0.2) is 0 Å². The number of hydrogen-bond donors (Lipinski definition) is 1. The van der Waals surface area contributed by atoms with Gasteiger partial charge in [-0.1, -0.05) is 0 Å². The molecule has 1 aromatic heterocycles. The van der Waals surface area contributed by atoms with E-state index in [0.29, 0.717) is 26.2 Å². The highest BCUT2D eigenvalue weighted by Gasteiger charge is 2.32. The SMILES string of the molecule is COc1ccc(F)cc1S(=O)(=O)N1CCN(c2c(C)n[nH]c2C)CC1. The van der Waals surface area contributed by atoms with Gasteiger partial charge in [0.05, 0.1) is 24.2 Å². The molecule has 2 heterocycles. The van der Waals surface area contributed by atoms with Crippen LogP contribution in [0.15, 0.2) is 23.1 Å². The van der Waals surface area contributed by atoms with Crippen LogP contribution in [0.1, 0.15) is 11.4 Å². The van der Waals surface area contributed by atoms with Gasteiger partial charge < -0.3 is 9.64 Å². The molecule has 7 nitrogen and oxygen atoms in total. The number of rotatable bonds is 4. The molecule has 0 amide bonds. The number of piperazine rings is 1. The van der Waals surface area contributed by atoms with Crippen LogP contribution in [0.2, 0.25) is 0 Å². The first-order valence-corrected chi connectivity index (χ1v) is 9.39. The third kappa shape index (κ3) is 3.21. The number of H-pyrrole nitrogens is 1. The van der Waals surface area contributed by atoms with Crippen molar-refractivity contribution >= 4 is 15.7 Å². The van der Waals surface area contributed by atoms with Crippen LogP contribution in [-0.2, 0) is 10.0 Å². The Balaban J connectivity index is 1.82. The molecule has 1 aliphatic heterocycles. The van der Waals surface area contributed by atoms with Gasteiger partial charge in [-0.25, -0.2) is 12.8 Å². The molecule has 3 rings (SSSR count). The molecule has 9 heteroatoms. The van der Waals surface area contributed by atoms with Crippen LogP contribution >= 0.6 is 0 Å². The Labute approximate surface area is 146 Å². The monoisotopic (exact) mass is 368 g/mol. The van der Waals surface area contributed by atoms with Crippen LogP contribution in [0.5, 0.6) is 5.75 Å². The predicted molar refractivity (Wildman–Crippen MR) is 92.0 cm³/mol. The van der Waals surface area contributed by atoms with Gasteiger partial charge in [0.25, 0.3) is 0 Å². The molecule has 0 radical (unpaired) electrons. The lowest BCUT2D eigenvalue weighted by molar-refractivity contribution is 0.373. The lowest BCUT2D eigenvalue weighted by atomic mass is 10.2. The van der Waals surface area contributed by atoms with Crippen molar-refractivity contribution < 1.29 is 17.5 Å². The van der Waals surface area contributed by atoms with E-state index in [0.717, 1.165) is 23.1 Å². The second kappa shape index (κ2) is 6.64. The van der Waals surface area contributed by atoms with Crippen LogP contribution < -0.4 is 9.64 Å². The highest BCUT2D eigenvalue weighted by Crippen LogP contribution is 2.29. The van der Waals surface area contributed by atoms with Gasteiger partial charge in [0.1, 0.15) is 16.5 Å². The molecule has 0 bridgehead atoms. The second-order valence-electron chi connectivity index (χ2n) is 5.97. The summed E-state index contributed by atoms with van der Waals surface area (Å²) in [5, 5.41) is 7.12. The topological polar surface area (TPSA) is 78.5 Å². The summed E-state index contributed by atoms with van der Waals surface area (Å²) in [6.45, 7) is 5.56. The van der Waals surface area contributed by atoms with Gasteiger partial charge in [0.2, 0.25) is 10.0 Å².